The van der Waals surface area contributed by atoms with E-state index in [2.05, 4.69) is 5.32 Å². The highest BCUT2D eigenvalue weighted by atomic mass is 35.5. The summed E-state index contributed by atoms with van der Waals surface area (Å²) in [6.07, 6.45) is 0. The lowest BCUT2D eigenvalue weighted by Gasteiger charge is -2.21. The molecule has 0 amide bonds. The number of nitrogens with one attached hydrogen (secondary N) is 1. The Labute approximate surface area is 125 Å². The van der Waals surface area contributed by atoms with Gasteiger partial charge in [0.25, 0.3) is 0 Å². The van der Waals surface area contributed by atoms with Crippen molar-refractivity contribution in [1.29, 1.82) is 0 Å². The second-order valence-corrected chi connectivity index (χ2v) is 6.23. The maximum Gasteiger partial charge on any atom is 0.120 e. The van der Waals surface area contributed by atoms with E-state index in [9.17, 15) is 0 Å². The quantitative estimate of drug-likeness (QED) is 0.797. The lowest BCUT2D eigenvalue weighted by atomic mass is 10.2. The predicted octanol–water partition coefficient (Wildman–Crippen LogP) is 5.57. The number of benzene rings is 2. The van der Waals surface area contributed by atoms with E-state index < -0.39 is 0 Å². The normalized spacial score (nSPS) is 11.2. The minimum atomic E-state index is -0.178. The van der Waals surface area contributed by atoms with Gasteiger partial charge in [0.2, 0.25) is 0 Å². The van der Waals surface area contributed by atoms with Crippen molar-refractivity contribution in [3.63, 3.8) is 0 Å². The Kier molecular flexibility index (Phi) is 4.24. The molecule has 0 aromatic heterocycles. The van der Waals surface area contributed by atoms with E-state index in [-0.39, 0.29) is 5.60 Å². The van der Waals surface area contributed by atoms with E-state index >= 15 is 0 Å². The number of hydrogen-bond donors (Lipinski definition) is 1. The van der Waals surface area contributed by atoms with Crippen molar-refractivity contribution in [2.45, 2.75) is 33.3 Å². The minimum absolute atomic E-state index is 0.178. The molecule has 0 atom stereocenters. The Morgan fingerprint density at radius 1 is 0.950 bits per heavy atom. The Balaban J connectivity index is 2.08. The molecule has 0 radical (unpaired) electrons. The molecule has 2 rings (SSSR count). The third-order valence-corrected chi connectivity index (χ3v) is 3.15. The highest BCUT2D eigenvalue weighted by Gasteiger charge is 2.11. The van der Waals surface area contributed by atoms with Crippen molar-refractivity contribution in [3.05, 3.63) is 53.1 Å². The Morgan fingerprint density at radius 3 is 2.10 bits per heavy atom. The number of ether oxygens (including phenoxy) is 1. The summed E-state index contributed by atoms with van der Waals surface area (Å²) in [5.74, 6) is 0.871. The second-order valence-electron chi connectivity index (χ2n) is 5.83. The highest BCUT2D eigenvalue weighted by molar-refractivity contribution is 6.31. The van der Waals surface area contributed by atoms with Crippen molar-refractivity contribution < 1.29 is 4.74 Å². The molecule has 0 fully saturated rings. The van der Waals surface area contributed by atoms with Gasteiger partial charge >= 0.3 is 0 Å². The first kappa shape index (κ1) is 14.7. The molecule has 0 saturated heterocycles. The van der Waals surface area contributed by atoms with Gasteiger partial charge in [0, 0.05) is 16.4 Å². The van der Waals surface area contributed by atoms with Gasteiger partial charge in [-0.15, -0.1) is 0 Å². The zero-order valence-corrected chi connectivity index (χ0v) is 13.1. The molecular weight excluding hydrogens is 270 g/mol. The molecule has 2 aromatic rings. The molecule has 2 aromatic carbocycles. The van der Waals surface area contributed by atoms with E-state index in [1.165, 1.54) is 0 Å². The standard InChI is InChI=1S/C17H20ClNO/c1-12-11-14(7-10-16(12)18)19-13-5-8-15(9-6-13)20-17(2,3)4/h5-11,19H,1-4H3. The Bertz CT molecular complexity index is 585. The maximum atomic E-state index is 6.02. The van der Waals surface area contributed by atoms with Gasteiger partial charge in [0.05, 0.1) is 0 Å². The van der Waals surface area contributed by atoms with Gasteiger partial charge in [-0.2, -0.15) is 0 Å². The van der Waals surface area contributed by atoms with Crippen molar-refractivity contribution in [1.82, 2.24) is 0 Å². The van der Waals surface area contributed by atoms with Crippen molar-refractivity contribution in [2.24, 2.45) is 0 Å². The van der Waals surface area contributed by atoms with Gasteiger partial charge in [-0.1, -0.05) is 11.6 Å². The van der Waals surface area contributed by atoms with Crippen LogP contribution in [0.1, 0.15) is 26.3 Å². The molecule has 0 aliphatic rings. The fourth-order valence-electron chi connectivity index (χ4n) is 1.85. The van der Waals surface area contributed by atoms with Gasteiger partial charge in [0.15, 0.2) is 0 Å². The maximum absolute atomic E-state index is 6.02. The number of halogens is 1. The fourth-order valence-corrected chi connectivity index (χ4v) is 1.97. The average molecular weight is 290 g/mol. The van der Waals surface area contributed by atoms with Crippen LogP contribution < -0.4 is 10.1 Å². The molecule has 0 saturated carbocycles. The van der Waals surface area contributed by atoms with Crippen LogP contribution >= 0.6 is 11.6 Å². The van der Waals surface area contributed by atoms with Crippen LogP contribution in [-0.2, 0) is 0 Å². The largest absolute Gasteiger partial charge is 0.488 e. The topological polar surface area (TPSA) is 21.3 Å². The first-order chi connectivity index (χ1) is 9.33. The summed E-state index contributed by atoms with van der Waals surface area (Å²) in [4.78, 5) is 0. The lowest BCUT2D eigenvalue weighted by molar-refractivity contribution is 0.131. The van der Waals surface area contributed by atoms with Crippen LogP contribution in [-0.4, -0.2) is 5.60 Å². The Hall–Kier alpha value is -1.67. The van der Waals surface area contributed by atoms with E-state index in [4.69, 9.17) is 16.3 Å². The first-order valence-corrected chi connectivity index (χ1v) is 7.03. The van der Waals surface area contributed by atoms with Crippen LogP contribution in [0, 0.1) is 6.92 Å². The number of hydrogen-bond acceptors (Lipinski definition) is 2. The molecular formula is C17H20ClNO. The minimum Gasteiger partial charge on any atom is -0.488 e. The molecule has 106 valence electrons. The van der Waals surface area contributed by atoms with E-state index in [1.54, 1.807) is 0 Å². The van der Waals surface area contributed by atoms with E-state index in [1.807, 2.05) is 70.2 Å². The zero-order valence-electron chi connectivity index (χ0n) is 12.3. The highest BCUT2D eigenvalue weighted by Crippen LogP contribution is 2.25. The molecule has 0 spiro atoms. The van der Waals surface area contributed by atoms with Crippen LogP contribution in [0.4, 0.5) is 11.4 Å². The molecule has 0 aliphatic heterocycles. The summed E-state index contributed by atoms with van der Waals surface area (Å²) in [6.45, 7) is 8.11. The fraction of sp³-hybridized carbons (Fsp3) is 0.294. The smallest absolute Gasteiger partial charge is 0.120 e. The number of aryl methyl sites for hydroxylation is 1. The summed E-state index contributed by atoms with van der Waals surface area (Å²) in [5, 5.41) is 4.13. The predicted molar refractivity (Wildman–Crippen MR) is 86.3 cm³/mol. The van der Waals surface area contributed by atoms with E-state index in [0.29, 0.717) is 0 Å². The van der Waals surface area contributed by atoms with Crippen molar-refractivity contribution in [3.8, 4) is 5.75 Å². The molecule has 0 aliphatic carbocycles. The van der Waals surface area contributed by atoms with Gasteiger partial charge < -0.3 is 10.1 Å². The molecule has 0 unspecified atom stereocenters. The summed E-state index contributed by atoms with van der Waals surface area (Å²) >= 11 is 6.02. The summed E-state index contributed by atoms with van der Waals surface area (Å²) < 4.78 is 5.80. The number of rotatable bonds is 3. The number of anilines is 2. The molecule has 1 N–H and O–H groups in total. The summed E-state index contributed by atoms with van der Waals surface area (Å²) in [7, 11) is 0. The van der Waals surface area contributed by atoms with Gasteiger partial charge in [-0.25, -0.2) is 0 Å². The van der Waals surface area contributed by atoms with Crippen molar-refractivity contribution >= 4 is 23.0 Å². The second kappa shape index (κ2) is 5.76. The Morgan fingerprint density at radius 2 is 1.55 bits per heavy atom. The van der Waals surface area contributed by atoms with E-state index in [0.717, 1.165) is 27.7 Å². The van der Waals surface area contributed by atoms with Gasteiger partial charge in [0.1, 0.15) is 11.4 Å². The summed E-state index contributed by atoms with van der Waals surface area (Å²) in [6, 6.07) is 13.8. The first-order valence-electron chi connectivity index (χ1n) is 6.66. The van der Waals surface area contributed by atoms with Crippen molar-refractivity contribution in [2.75, 3.05) is 5.32 Å². The SMILES string of the molecule is Cc1cc(Nc2ccc(OC(C)(C)C)cc2)ccc1Cl. The van der Waals surface area contributed by atoms with Crippen LogP contribution in [0.5, 0.6) is 5.75 Å². The molecule has 0 bridgehead atoms. The average Bonchev–Trinajstić information content (AvgIpc) is 2.35. The zero-order chi connectivity index (χ0) is 14.8. The lowest BCUT2D eigenvalue weighted by Crippen LogP contribution is -2.22. The third kappa shape index (κ3) is 4.17. The summed E-state index contributed by atoms with van der Waals surface area (Å²) in [5.41, 5.74) is 2.93. The van der Waals surface area contributed by atoms with Crippen LogP contribution in [0.15, 0.2) is 42.5 Å². The van der Waals surface area contributed by atoms with Crippen LogP contribution in [0.2, 0.25) is 5.02 Å². The monoisotopic (exact) mass is 289 g/mol. The van der Waals surface area contributed by atoms with Crippen LogP contribution in [0.25, 0.3) is 0 Å². The molecule has 3 heteroatoms. The van der Waals surface area contributed by atoms with Gasteiger partial charge in [-0.3, -0.25) is 0 Å². The molecule has 20 heavy (non-hydrogen) atoms. The third-order valence-electron chi connectivity index (χ3n) is 2.72. The van der Waals surface area contributed by atoms with Gasteiger partial charge in [-0.05, 0) is 75.7 Å². The molecule has 0 heterocycles. The van der Waals surface area contributed by atoms with Crippen LogP contribution in [0.3, 0.4) is 0 Å². The molecule has 2 nitrogen and oxygen atoms in total.